The number of nitrogens with zero attached hydrogens (tertiary/aromatic N) is 2. The minimum absolute atomic E-state index is 0.0981. The standard InChI is InChI=1S/C23H30N4O3/c24-10-15-8-9-26(12-18(15)14-4-5-14)11-16-2-1-3-17-19(16)13-27(23(17)30)20-6-7-21(28)25-22(20)29/h1-3,14-15,18,20H,4-13,24H2,(H,25,28,29)/t15-,18+,20?/m0/s1. The maximum Gasteiger partial charge on any atom is 0.255 e. The van der Waals surface area contributed by atoms with Crippen molar-refractivity contribution < 1.29 is 14.4 Å². The normalized spacial score (nSPS) is 29.8. The fourth-order valence-corrected chi connectivity index (χ4v) is 5.63. The summed E-state index contributed by atoms with van der Waals surface area (Å²) in [5.74, 6) is 1.46. The van der Waals surface area contributed by atoms with E-state index in [2.05, 4.69) is 16.3 Å². The zero-order valence-electron chi connectivity index (χ0n) is 17.3. The molecule has 4 aliphatic rings. The Bertz CT molecular complexity index is 881. The van der Waals surface area contributed by atoms with Gasteiger partial charge in [-0.15, -0.1) is 0 Å². The molecule has 3 fully saturated rings. The van der Waals surface area contributed by atoms with Crippen LogP contribution in [-0.2, 0) is 22.7 Å². The van der Waals surface area contributed by atoms with Crippen LogP contribution in [0.3, 0.4) is 0 Å². The summed E-state index contributed by atoms with van der Waals surface area (Å²) < 4.78 is 0. The Balaban J connectivity index is 1.32. The SMILES string of the molecule is NC[C@@H]1CCN(Cc2cccc3c2CN(C2CCC(=O)NC2=O)C3=O)C[C@@H]1C1CC1. The lowest BCUT2D eigenvalue weighted by atomic mass is 9.82. The Morgan fingerprint density at radius 2 is 1.93 bits per heavy atom. The van der Waals surface area contributed by atoms with Crippen molar-refractivity contribution in [1.29, 1.82) is 0 Å². The van der Waals surface area contributed by atoms with Gasteiger partial charge in [0.1, 0.15) is 6.04 Å². The first-order valence-corrected chi connectivity index (χ1v) is 11.2. The second kappa shape index (κ2) is 7.78. The van der Waals surface area contributed by atoms with Crippen LogP contribution in [0.5, 0.6) is 0 Å². The summed E-state index contributed by atoms with van der Waals surface area (Å²) in [5, 5.41) is 2.37. The minimum atomic E-state index is -0.560. The molecule has 0 spiro atoms. The van der Waals surface area contributed by atoms with Crippen LogP contribution in [0.1, 0.15) is 53.6 Å². The third-order valence-corrected chi connectivity index (χ3v) is 7.49. The Hall–Kier alpha value is -2.25. The van der Waals surface area contributed by atoms with Gasteiger partial charge in [-0.05, 0) is 73.7 Å². The molecule has 0 aromatic heterocycles. The molecule has 1 aliphatic carbocycles. The largest absolute Gasteiger partial charge is 0.330 e. The van der Waals surface area contributed by atoms with E-state index < -0.39 is 6.04 Å². The maximum absolute atomic E-state index is 13.0. The van der Waals surface area contributed by atoms with Crippen molar-refractivity contribution in [3.63, 3.8) is 0 Å². The number of nitrogens with two attached hydrogens (primary N) is 1. The second-order valence-electron chi connectivity index (χ2n) is 9.36. The van der Waals surface area contributed by atoms with E-state index in [1.54, 1.807) is 4.90 Å². The Morgan fingerprint density at radius 3 is 2.67 bits per heavy atom. The van der Waals surface area contributed by atoms with Crippen LogP contribution in [0.15, 0.2) is 18.2 Å². The second-order valence-corrected chi connectivity index (χ2v) is 9.36. The molecule has 0 bridgehead atoms. The van der Waals surface area contributed by atoms with E-state index in [-0.39, 0.29) is 24.1 Å². The van der Waals surface area contributed by atoms with Crippen molar-refractivity contribution in [1.82, 2.24) is 15.1 Å². The highest BCUT2D eigenvalue weighted by Gasteiger charge is 2.41. The average molecular weight is 411 g/mol. The van der Waals surface area contributed by atoms with Gasteiger partial charge in [-0.1, -0.05) is 12.1 Å². The van der Waals surface area contributed by atoms with Crippen LogP contribution in [0.2, 0.25) is 0 Å². The number of carbonyl (C=O) groups is 3. The summed E-state index contributed by atoms with van der Waals surface area (Å²) in [6, 6.07) is 5.36. The molecule has 1 saturated carbocycles. The molecule has 3 heterocycles. The number of carbonyl (C=O) groups excluding carboxylic acids is 3. The Morgan fingerprint density at radius 1 is 1.10 bits per heavy atom. The smallest absolute Gasteiger partial charge is 0.255 e. The lowest BCUT2D eigenvalue weighted by molar-refractivity contribution is -0.136. The van der Waals surface area contributed by atoms with Crippen LogP contribution in [0.25, 0.3) is 0 Å². The van der Waals surface area contributed by atoms with E-state index in [0.29, 0.717) is 30.4 Å². The number of rotatable bonds is 5. The molecule has 3 N–H and O–H groups in total. The molecule has 7 heteroatoms. The number of piperidine rings is 2. The number of fused-ring (bicyclic) bond motifs is 1. The highest BCUT2D eigenvalue weighted by Crippen LogP contribution is 2.43. The first-order valence-electron chi connectivity index (χ1n) is 11.2. The molecular weight excluding hydrogens is 380 g/mol. The Kier molecular flexibility index (Phi) is 5.11. The van der Waals surface area contributed by atoms with Gasteiger partial charge in [-0.2, -0.15) is 0 Å². The van der Waals surface area contributed by atoms with Gasteiger partial charge in [-0.3, -0.25) is 24.6 Å². The Labute approximate surface area is 177 Å². The summed E-state index contributed by atoms with van der Waals surface area (Å²) in [6.45, 7) is 4.19. The van der Waals surface area contributed by atoms with Crippen molar-refractivity contribution >= 4 is 17.7 Å². The first-order chi connectivity index (χ1) is 14.5. The van der Waals surface area contributed by atoms with Crippen LogP contribution in [0, 0.1) is 17.8 Å². The van der Waals surface area contributed by atoms with E-state index in [1.165, 1.54) is 18.4 Å². The molecule has 0 radical (unpaired) electrons. The zero-order chi connectivity index (χ0) is 20.8. The topological polar surface area (TPSA) is 95.7 Å². The quantitative estimate of drug-likeness (QED) is 0.713. The van der Waals surface area contributed by atoms with Crippen LogP contribution < -0.4 is 11.1 Å². The van der Waals surface area contributed by atoms with Gasteiger partial charge < -0.3 is 10.6 Å². The van der Waals surface area contributed by atoms with Gasteiger partial charge >= 0.3 is 0 Å². The summed E-state index contributed by atoms with van der Waals surface area (Å²) in [6.07, 6.45) is 4.50. The number of likely N-dealkylation sites (tertiary alicyclic amines) is 1. The summed E-state index contributed by atoms with van der Waals surface area (Å²) in [7, 11) is 0. The third-order valence-electron chi connectivity index (χ3n) is 7.49. The molecule has 5 rings (SSSR count). The van der Waals surface area contributed by atoms with Gasteiger partial charge in [0.15, 0.2) is 0 Å². The number of nitrogens with one attached hydrogen (secondary N) is 1. The van der Waals surface area contributed by atoms with Crippen LogP contribution in [-0.4, -0.2) is 53.2 Å². The van der Waals surface area contributed by atoms with E-state index >= 15 is 0 Å². The number of benzene rings is 1. The molecule has 1 aromatic rings. The van der Waals surface area contributed by atoms with Crippen molar-refractivity contribution in [3.8, 4) is 0 Å². The monoisotopic (exact) mass is 410 g/mol. The van der Waals surface area contributed by atoms with E-state index in [0.717, 1.165) is 44.1 Å². The highest BCUT2D eigenvalue weighted by atomic mass is 16.2. The van der Waals surface area contributed by atoms with Crippen molar-refractivity contribution in [2.75, 3.05) is 19.6 Å². The predicted octanol–water partition coefficient (Wildman–Crippen LogP) is 1.25. The number of amides is 3. The molecular formula is C23H30N4O3. The first kappa shape index (κ1) is 19.7. The molecule has 3 atom stereocenters. The van der Waals surface area contributed by atoms with Gasteiger partial charge in [-0.25, -0.2) is 0 Å². The van der Waals surface area contributed by atoms with Crippen molar-refractivity contribution in [2.45, 2.75) is 51.2 Å². The van der Waals surface area contributed by atoms with Gasteiger partial charge in [0.05, 0.1) is 0 Å². The molecule has 2 saturated heterocycles. The van der Waals surface area contributed by atoms with Gasteiger partial charge in [0, 0.05) is 31.6 Å². The fraction of sp³-hybridized carbons (Fsp3) is 0.609. The molecule has 3 aliphatic heterocycles. The van der Waals surface area contributed by atoms with Gasteiger partial charge in [0.2, 0.25) is 11.8 Å². The average Bonchev–Trinajstić information content (AvgIpc) is 3.53. The number of hydrogen-bond donors (Lipinski definition) is 2. The van der Waals surface area contributed by atoms with E-state index in [1.807, 2.05) is 12.1 Å². The molecule has 1 aromatic carbocycles. The molecule has 1 unspecified atom stereocenters. The number of hydrogen-bond acceptors (Lipinski definition) is 5. The van der Waals surface area contributed by atoms with Crippen molar-refractivity contribution in [3.05, 3.63) is 34.9 Å². The highest BCUT2D eigenvalue weighted by molar-refractivity contribution is 6.05. The lowest BCUT2D eigenvalue weighted by Crippen LogP contribution is -2.52. The molecule has 30 heavy (non-hydrogen) atoms. The zero-order valence-corrected chi connectivity index (χ0v) is 17.3. The summed E-state index contributed by atoms with van der Waals surface area (Å²) in [5.41, 5.74) is 8.95. The number of imide groups is 1. The summed E-state index contributed by atoms with van der Waals surface area (Å²) in [4.78, 5) is 41.0. The fourth-order valence-electron chi connectivity index (χ4n) is 5.63. The summed E-state index contributed by atoms with van der Waals surface area (Å²) >= 11 is 0. The predicted molar refractivity (Wildman–Crippen MR) is 111 cm³/mol. The van der Waals surface area contributed by atoms with Crippen molar-refractivity contribution in [2.24, 2.45) is 23.5 Å². The van der Waals surface area contributed by atoms with E-state index in [9.17, 15) is 14.4 Å². The molecule has 7 nitrogen and oxygen atoms in total. The molecule has 3 amide bonds. The van der Waals surface area contributed by atoms with Crippen LogP contribution >= 0.6 is 0 Å². The van der Waals surface area contributed by atoms with E-state index in [4.69, 9.17) is 5.73 Å². The van der Waals surface area contributed by atoms with Gasteiger partial charge in [0.25, 0.3) is 5.91 Å². The van der Waals surface area contributed by atoms with Crippen LogP contribution in [0.4, 0.5) is 0 Å². The minimum Gasteiger partial charge on any atom is -0.330 e. The maximum atomic E-state index is 13.0. The molecule has 160 valence electrons. The lowest BCUT2D eigenvalue weighted by Gasteiger charge is -2.38. The third kappa shape index (κ3) is 3.54.